The fourth-order valence-electron chi connectivity index (χ4n) is 10.6. The first kappa shape index (κ1) is 66.8. The maximum absolute atomic E-state index is 2.83. The van der Waals surface area contributed by atoms with Crippen LogP contribution in [0.4, 0.5) is 0 Å². The molecule has 0 bridgehead atoms. The Hall–Kier alpha value is -1.19. The van der Waals surface area contributed by atoms with E-state index in [1.807, 2.05) is 0 Å². The molecule has 0 unspecified atom stereocenters. The van der Waals surface area contributed by atoms with E-state index in [0.29, 0.717) is 0 Å². The summed E-state index contributed by atoms with van der Waals surface area (Å²) in [6.45, 7) is 16.5. The van der Waals surface area contributed by atoms with Gasteiger partial charge >= 0.3 is 21.7 Å². The van der Waals surface area contributed by atoms with Crippen LogP contribution in [0.15, 0.2) is 72.8 Å². The van der Waals surface area contributed by atoms with Crippen LogP contribution in [-0.4, -0.2) is 8.07 Å². The van der Waals surface area contributed by atoms with E-state index in [4.69, 9.17) is 0 Å². The molecule has 4 rings (SSSR count). The van der Waals surface area contributed by atoms with Crippen molar-refractivity contribution in [2.75, 3.05) is 0 Å². The van der Waals surface area contributed by atoms with Crippen LogP contribution < -0.4 is 58.0 Å². The first-order valence-electron chi connectivity index (χ1n) is 28.1. The molecule has 0 spiro atoms. The molecule has 68 heavy (non-hydrogen) atoms. The molecule has 0 saturated heterocycles. The molecule has 0 amide bonds. The number of hydrogen-bond donors (Lipinski definition) is 0. The molecule has 0 heterocycles. The zero-order valence-electron chi connectivity index (χ0n) is 44.9. The van der Waals surface area contributed by atoms with Crippen LogP contribution in [0, 0.1) is 0 Å². The second-order valence-corrected chi connectivity index (χ2v) is 24.1. The van der Waals surface area contributed by atoms with Gasteiger partial charge in [-0.2, -0.15) is 17.7 Å². The molecular weight excluding hydrogens is 939 g/mol. The number of hydrogen-bond acceptors (Lipinski definition) is 0. The topological polar surface area (TPSA) is 0 Å². The van der Waals surface area contributed by atoms with Crippen molar-refractivity contribution in [2.45, 2.75) is 260 Å². The first-order chi connectivity index (χ1) is 31.4. The summed E-state index contributed by atoms with van der Waals surface area (Å²) in [5, 5.41) is 6.63. The van der Waals surface area contributed by atoms with E-state index in [2.05, 4.69) is 121 Å². The van der Waals surface area contributed by atoms with Gasteiger partial charge in [-0.3, -0.25) is 0 Å². The fraction of sp³-hybridized carbons (Fsp3) is 0.635. The van der Waals surface area contributed by atoms with Crippen molar-refractivity contribution in [3.8, 4) is 0 Å². The van der Waals surface area contributed by atoms with Gasteiger partial charge in [-0.25, -0.2) is 6.07 Å². The van der Waals surface area contributed by atoms with Crippen LogP contribution in [-0.2, 0) is 66.7 Å². The second-order valence-electron chi connectivity index (χ2n) is 20.3. The van der Waals surface area contributed by atoms with Crippen molar-refractivity contribution in [1.82, 2.24) is 0 Å². The number of aryl methyl sites for hydroxylation is 7. The first-order valence-corrected chi connectivity index (χ1v) is 30.1. The van der Waals surface area contributed by atoms with E-state index in [1.54, 1.807) is 59.7 Å². The Bertz CT molecular complexity index is 1570. The molecule has 0 aliphatic rings. The molecule has 4 aromatic rings. The quantitative estimate of drug-likeness (QED) is 0.0187. The summed E-state index contributed by atoms with van der Waals surface area (Å²) in [6, 6.07) is 32.6. The third kappa shape index (κ3) is 22.7. The third-order valence-electron chi connectivity index (χ3n) is 14.4. The molecule has 0 aromatic heterocycles. The van der Waals surface area contributed by atoms with Gasteiger partial charge in [0.25, 0.3) is 0 Å². The van der Waals surface area contributed by atoms with Gasteiger partial charge in [-0.1, -0.05) is 253 Å². The van der Waals surface area contributed by atoms with Crippen molar-refractivity contribution in [3.63, 3.8) is 0 Å². The molecule has 4 aromatic carbocycles. The predicted molar refractivity (Wildman–Crippen MR) is 291 cm³/mol. The Morgan fingerprint density at radius 3 is 0.765 bits per heavy atom. The van der Waals surface area contributed by atoms with Gasteiger partial charge in [0.1, 0.15) is 8.07 Å². The van der Waals surface area contributed by atoms with Crippen molar-refractivity contribution in [3.05, 3.63) is 112 Å². The molecule has 0 fully saturated rings. The predicted octanol–water partition coefficient (Wildman–Crippen LogP) is 7.87. The van der Waals surface area contributed by atoms with Gasteiger partial charge < -0.3 is 37.2 Å². The van der Waals surface area contributed by atoms with Gasteiger partial charge in [-0.05, 0) is 110 Å². The van der Waals surface area contributed by atoms with E-state index in [9.17, 15) is 0 Å². The summed E-state index contributed by atoms with van der Waals surface area (Å²) in [7, 11) is -2.83. The number of unbranched alkanes of at least 4 members (excludes halogenated alkanes) is 19. The molecule has 0 atom stereocenters. The molecule has 0 radical (unpaired) electrons. The summed E-state index contributed by atoms with van der Waals surface area (Å²) in [5.74, 6) is 0. The van der Waals surface area contributed by atoms with E-state index < -0.39 is 8.07 Å². The molecule has 0 nitrogen and oxygen atoms in total. The van der Waals surface area contributed by atoms with Crippen molar-refractivity contribution < 1.29 is 58.9 Å². The van der Waals surface area contributed by atoms with Gasteiger partial charge in [0, 0.05) is 0 Å². The van der Waals surface area contributed by atoms with E-state index in [-0.39, 0.29) is 58.9 Å². The molecule has 380 valence electrons. The summed E-state index contributed by atoms with van der Waals surface area (Å²) in [5.41, 5.74) is 11.1. The van der Waals surface area contributed by atoms with E-state index in [0.717, 1.165) is 0 Å². The molecule has 5 heteroatoms. The standard InChI is InChI=1S/C63H99Si.3ClH.Ti/c1-8-15-22-28-35-54-43-55(36-29-23-16-9-2)48-61(47-54)64(60-42-41-53(46-60)34-21-14-7,62-49-56(37-30-24-17-10-3)44-57(50-62)38-31-25-18-11-4)63-51-58(39-32-26-19-12-5)45-59(52-63)40-33-27-20-13-6;;;;/h41-52H,8-40H2,1-7H3;3*1H;/q-1;;;;+4/p-3. The molecule has 0 aliphatic carbocycles. The zero-order chi connectivity index (χ0) is 45.7. The van der Waals surface area contributed by atoms with Crippen LogP contribution in [0.25, 0.3) is 0 Å². The zero-order valence-corrected chi connectivity index (χ0v) is 49.7. The van der Waals surface area contributed by atoms with Gasteiger partial charge in [0.15, 0.2) is 0 Å². The minimum absolute atomic E-state index is 0. The van der Waals surface area contributed by atoms with Crippen molar-refractivity contribution in [2.24, 2.45) is 0 Å². The minimum Gasteiger partial charge on any atom is -1.00 e. The van der Waals surface area contributed by atoms with Crippen LogP contribution >= 0.6 is 0 Å². The summed E-state index contributed by atoms with van der Waals surface area (Å²) in [4.78, 5) is 0. The maximum atomic E-state index is 2.79. The average Bonchev–Trinajstić information content (AvgIpc) is 3.78. The Labute approximate surface area is 456 Å². The van der Waals surface area contributed by atoms with Crippen LogP contribution in [0.3, 0.4) is 0 Å². The summed E-state index contributed by atoms with van der Waals surface area (Å²) >= 11 is 0. The smallest absolute Gasteiger partial charge is 1.00 e. The Morgan fingerprint density at radius 2 is 0.529 bits per heavy atom. The van der Waals surface area contributed by atoms with Crippen LogP contribution in [0.1, 0.15) is 254 Å². The molecule has 0 aliphatic heterocycles. The Kier molecular flexibility index (Phi) is 39.6. The normalized spacial score (nSPS) is 11.2. The van der Waals surface area contributed by atoms with E-state index >= 15 is 0 Å². The van der Waals surface area contributed by atoms with Gasteiger partial charge in [-0.15, -0.1) is 5.19 Å². The minimum atomic E-state index is -2.83. The fourth-order valence-corrected chi connectivity index (χ4v) is 15.7. The van der Waals surface area contributed by atoms with Crippen LogP contribution in [0.2, 0.25) is 0 Å². The largest absolute Gasteiger partial charge is 4.00 e. The van der Waals surface area contributed by atoms with E-state index in [1.165, 1.54) is 212 Å². The van der Waals surface area contributed by atoms with Crippen molar-refractivity contribution in [1.29, 1.82) is 0 Å². The number of rotatable bonds is 37. The summed E-state index contributed by atoms with van der Waals surface area (Å²) < 4.78 is 0. The SMILES string of the molecule is CCCCCCc1cc(CCCCCC)cc([Si](c2cc(CCCCCC)cc(CCCCCC)c2)(c2cc(CCCCCC)cc(CCCCCC)c2)[c-]2ccc(CCCC)c2)c1.[Cl-].[Cl-].[Cl-].[Ti+4]. The third-order valence-corrected chi connectivity index (χ3v) is 19.1. The number of halogens is 3. The number of benzene rings is 3. The Morgan fingerprint density at radius 1 is 0.294 bits per heavy atom. The average molecular weight is 1040 g/mol. The monoisotopic (exact) mass is 1040 g/mol. The molecule has 0 N–H and O–H groups in total. The van der Waals surface area contributed by atoms with Gasteiger partial charge in [0.05, 0.1) is 0 Å². The summed E-state index contributed by atoms with van der Waals surface area (Å²) in [6.07, 6.45) is 42.5. The molecular formula is C63H99Cl3SiTi. The van der Waals surface area contributed by atoms with Gasteiger partial charge in [0.2, 0.25) is 0 Å². The maximum Gasteiger partial charge on any atom is 4.00 e. The molecule has 0 saturated carbocycles. The Balaban J connectivity index is 0.0000112. The second kappa shape index (κ2) is 40.3. The van der Waals surface area contributed by atoms with Crippen LogP contribution in [0.5, 0.6) is 0 Å². The van der Waals surface area contributed by atoms with Crippen molar-refractivity contribution >= 4 is 28.8 Å².